The number of ether oxygens (including phenoxy) is 1. The predicted octanol–water partition coefficient (Wildman–Crippen LogP) is 3.02. The predicted molar refractivity (Wildman–Crippen MR) is 164 cm³/mol. The van der Waals surface area contributed by atoms with Crippen LogP contribution in [0.1, 0.15) is 21.5 Å². The Kier molecular flexibility index (Phi) is 10.3. The zero-order valence-corrected chi connectivity index (χ0v) is 27.3. The van der Waals surface area contributed by atoms with Crippen LogP contribution in [0.3, 0.4) is 0 Å². The van der Waals surface area contributed by atoms with Crippen LogP contribution in [-0.4, -0.2) is 29.0 Å². The number of aliphatic carboxylic acids is 1. The number of carbonyl (C=O) groups is 2. The largest absolute Gasteiger partial charge is 1.00 e. The summed E-state index contributed by atoms with van der Waals surface area (Å²) >= 11 is 0. The molecule has 0 aliphatic heterocycles. The van der Waals surface area contributed by atoms with Crippen molar-refractivity contribution in [1.29, 1.82) is 0 Å². The maximum atomic E-state index is 13.3. The summed E-state index contributed by atoms with van der Waals surface area (Å²) in [4.78, 5) is 25.2. The van der Waals surface area contributed by atoms with Crippen molar-refractivity contribution < 1.29 is 75.2 Å². The molecule has 1 heterocycles. The van der Waals surface area contributed by atoms with Crippen molar-refractivity contribution in [1.82, 2.24) is 4.57 Å². The van der Waals surface area contributed by atoms with E-state index in [0.717, 1.165) is 16.6 Å². The number of hydrogen-bond donors (Lipinski definition) is 1. The number of nitrogens with zero attached hydrogens (tertiary/aromatic N) is 1. The Morgan fingerprint density at radius 1 is 0.773 bits per heavy atom. The quantitative estimate of drug-likeness (QED) is 0.180. The molecule has 214 valence electrons. The fourth-order valence-corrected chi connectivity index (χ4v) is 5.40. The van der Waals surface area contributed by atoms with Crippen LogP contribution < -0.4 is 66.5 Å². The van der Waals surface area contributed by atoms with Crippen LogP contribution in [0, 0.1) is 5.82 Å². The number of carbonyl (C=O) groups excluding carboxylic acids is 2. The van der Waals surface area contributed by atoms with Gasteiger partial charge in [-0.1, -0.05) is 60.7 Å². The Hall–Kier alpha value is -3.79. The van der Waals surface area contributed by atoms with Crippen molar-refractivity contribution in [2.45, 2.75) is 19.0 Å². The van der Waals surface area contributed by atoms with E-state index in [9.17, 15) is 19.1 Å². The Morgan fingerprint density at radius 3 is 2.00 bits per heavy atom. The number of aromatic nitrogens is 1. The topological polar surface area (TPSA) is 83.4 Å². The fraction of sp³-hybridized carbons (Fsp3) is 0.111. The van der Waals surface area contributed by atoms with E-state index in [0.29, 0.717) is 30.2 Å². The monoisotopic (exact) mass is 610 g/mol. The zero-order chi connectivity index (χ0) is 29.8. The van der Waals surface area contributed by atoms with E-state index < -0.39 is 17.8 Å². The molecule has 1 N–H and O–H groups in total. The van der Waals surface area contributed by atoms with E-state index in [4.69, 9.17) is 4.74 Å². The number of carboxylic acid groups (broad SMARTS) is 1. The average Bonchev–Trinajstić information content (AvgIpc) is 3.35. The van der Waals surface area contributed by atoms with Gasteiger partial charge in [0.15, 0.2) is 5.78 Å². The minimum Gasteiger partial charge on any atom is -0.548 e. The third kappa shape index (κ3) is 6.95. The van der Waals surface area contributed by atoms with Gasteiger partial charge in [0.05, 0.1) is 18.6 Å². The molecule has 44 heavy (non-hydrogen) atoms. The van der Waals surface area contributed by atoms with Gasteiger partial charge in [-0.05, 0) is 72.6 Å². The van der Waals surface area contributed by atoms with Crippen molar-refractivity contribution in [2.24, 2.45) is 0 Å². The third-order valence-corrected chi connectivity index (χ3v) is 7.52. The third-order valence-electron chi connectivity index (χ3n) is 7.52. The molecule has 0 aliphatic rings. The molecule has 1 aromatic heterocycles. The molecule has 0 saturated heterocycles. The van der Waals surface area contributed by atoms with E-state index in [1.54, 1.807) is 24.3 Å². The fourth-order valence-electron chi connectivity index (χ4n) is 5.40. The smallest absolute Gasteiger partial charge is 0.548 e. The van der Waals surface area contributed by atoms with Crippen LogP contribution in [0.2, 0.25) is 0 Å². The summed E-state index contributed by atoms with van der Waals surface area (Å²) in [5.74, 6) is -1.41. The second-order valence-electron chi connectivity index (χ2n) is 10.3. The van der Waals surface area contributed by atoms with Crippen LogP contribution in [0.25, 0.3) is 21.8 Å². The molecule has 0 radical (unpaired) electrons. The van der Waals surface area contributed by atoms with Crippen LogP contribution in [0.5, 0.6) is 5.75 Å². The number of fused-ring (bicyclic) bond motifs is 3. The molecule has 0 fully saturated rings. The van der Waals surface area contributed by atoms with Gasteiger partial charge in [0.25, 0.3) is 0 Å². The molecule has 0 spiro atoms. The molecule has 6 nitrogen and oxygen atoms in total. The first-order valence-corrected chi connectivity index (χ1v) is 14.0. The van der Waals surface area contributed by atoms with E-state index in [1.165, 1.54) is 35.0 Å². The van der Waals surface area contributed by atoms with E-state index in [2.05, 4.69) is 34.1 Å². The average molecular weight is 611 g/mol. The van der Waals surface area contributed by atoms with Gasteiger partial charge in [-0.2, -0.15) is 0 Å². The van der Waals surface area contributed by atoms with Gasteiger partial charge in [-0.25, -0.2) is 4.39 Å². The summed E-state index contributed by atoms with van der Waals surface area (Å²) in [6, 6.07) is 34.7. The number of hydrogen-bond acceptors (Lipinski definition) is 5. The Balaban J connectivity index is 0.00000384. The van der Waals surface area contributed by atoms with Crippen molar-refractivity contribution in [3.63, 3.8) is 0 Å². The maximum absolute atomic E-state index is 13.3. The molecule has 1 atom stereocenters. The number of rotatable bonds is 11. The minimum absolute atomic E-state index is 0. The molecule has 8 heteroatoms. The van der Waals surface area contributed by atoms with E-state index in [1.807, 2.05) is 48.5 Å². The van der Waals surface area contributed by atoms with Gasteiger partial charge in [0.1, 0.15) is 18.2 Å². The van der Waals surface area contributed by atoms with Crippen LogP contribution in [-0.2, 0) is 17.8 Å². The number of nitrogens with one attached hydrogen (secondary N) is 1. The number of para-hydroxylation sites is 3. The van der Waals surface area contributed by atoms with Crippen molar-refractivity contribution in [2.75, 3.05) is 11.9 Å². The molecule has 1 unspecified atom stereocenters. The number of ketones is 1. The second-order valence-corrected chi connectivity index (χ2v) is 10.3. The Labute approximate surface area is 296 Å². The summed E-state index contributed by atoms with van der Waals surface area (Å²) in [5.41, 5.74) is 4.02. The number of anilines is 1. The van der Waals surface area contributed by atoms with E-state index >= 15 is 0 Å². The molecule has 0 saturated carbocycles. The first kappa shape index (κ1) is 31.6. The maximum Gasteiger partial charge on any atom is 1.00 e. The summed E-state index contributed by atoms with van der Waals surface area (Å²) < 4.78 is 21.6. The SMILES string of the molecule is O=C(c1ccc(F)cc1)c1ccccc1NC(Cc1ccc(OCCn2c3ccccc3c3ccccc32)cc1)C(=O)[O-].[K+]. The van der Waals surface area contributed by atoms with Crippen molar-refractivity contribution in [3.05, 3.63) is 144 Å². The second kappa shape index (κ2) is 14.3. The molecule has 0 aliphatic carbocycles. The Morgan fingerprint density at radius 2 is 1.36 bits per heavy atom. The molecular formula is C36H28FKN2O4. The standard InChI is InChI=1S/C36H29FN2O4.K/c37-26-17-15-25(16-18-26)35(40)30-9-1-4-10-31(30)38-32(36(41)42)23-24-13-19-27(20-14-24)43-22-21-39-33-11-5-2-7-28(33)29-8-3-6-12-34(29)39;/h1-20,32,38H,21-23H2,(H,41,42);/q;+1/p-1. The van der Waals surface area contributed by atoms with Gasteiger partial charge in [0.2, 0.25) is 0 Å². The Bertz CT molecular complexity index is 1870. The van der Waals surface area contributed by atoms with Crippen molar-refractivity contribution >= 4 is 39.2 Å². The summed E-state index contributed by atoms with van der Waals surface area (Å²) in [6.45, 7) is 1.13. The molecule has 0 amide bonds. The molecule has 0 bridgehead atoms. The first-order valence-electron chi connectivity index (χ1n) is 14.0. The van der Waals surface area contributed by atoms with Crippen molar-refractivity contribution in [3.8, 4) is 5.75 Å². The normalized spacial score (nSPS) is 11.6. The molecule has 6 aromatic rings. The zero-order valence-electron chi connectivity index (χ0n) is 24.2. The number of halogens is 1. The van der Waals surface area contributed by atoms with Gasteiger partial charge >= 0.3 is 51.4 Å². The van der Waals surface area contributed by atoms with Crippen LogP contribution >= 0.6 is 0 Å². The molecular weight excluding hydrogens is 583 g/mol. The van der Waals surface area contributed by atoms with Gasteiger partial charge < -0.3 is 24.5 Å². The molecule has 5 aromatic carbocycles. The summed E-state index contributed by atoms with van der Waals surface area (Å²) in [6.07, 6.45) is 0.128. The number of carboxylic acids is 1. The summed E-state index contributed by atoms with van der Waals surface area (Å²) in [5, 5.41) is 17.5. The van der Waals surface area contributed by atoms with Gasteiger partial charge in [0, 0.05) is 38.6 Å². The van der Waals surface area contributed by atoms with Gasteiger partial charge in [-0.3, -0.25) is 4.79 Å². The van der Waals surface area contributed by atoms with Crippen LogP contribution in [0.4, 0.5) is 10.1 Å². The number of benzene rings is 5. The molecule has 6 rings (SSSR count). The minimum atomic E-state index is -1.30. The van der Waals surface area contributed by atoms with E-state index in [-0.39, 0.29) is 69.2 Å². The first-order chi connectivity index (χ1) is 21.0. The summed E-state index contributed by atoms with van der Waals surface area (Å²) in [7, 11) is 0. The van der Waals surface area contributed by atoms with Gasteiger partial charge in [-0.15, -0.1) is 0 Å². The van der Waals surface area contributed by atoms with Crippen LogP contribution in [0.15, 0.2) is 121 Å².